The van der Waals surface area contributed by atoms with Crippen LogP contribution in [-0.4, -0.2) is 6.61 Å². The molecule has 2 aromatic carbocycles. The summed E-state index contributed by atoms with van der Waals surface area (Å²) in [7, 11) is 0. The van der Waals surface area contributed by atoms with Crippen molar-refractivity contribution in [2.24, 2.45) is 0 Å². The number of rotatable bonds is 8. The van der Waals surface area contributed by atoms with Crippen LogP contribution in [0.4, 0.5) is 0 Å². The summed E-state index contributed by atoms with van der Waals surface area (Å²) >= 11 is 0. The van der Waals surface area contributed by atoms with Gasteiger partial charge in [-0.3, -0.25) is 0 Å². The Balaban J connectivity index is 1.81. The summed E-state index contributed by atoms with van der Waals surface area (Å²) in [6.45, 7) is 2.93. The minimum atomic E-state index is 0.682. The Morgan fingerprint density at radius 2 is 1.52 bits per heavy atom. The summed E-state index contributed by atoms with van der Waals surface area (Å²) in [5.74, 6) is 0.903. The molecule has 0 aliphatic heterocycles. The van der Waals surface area contributed by atoms with Gasteiger partial charge < -0.3 is 4.74 Å². The van der Waals surface area contributed by atoms with E-state index in [0.717, 1.165) is 42.7 Å². The number of allylic oxidation sites excluding steroid dienone is 2. The second-order valence-electron chi connectivity index (χ2n) is 5.46. The van der Waals surface area contributed by atoms with E-state index in [9.17, 15) is 0 Å². The van der Waals surface area contributed by atoms with E-state index in [4.69, 9.17) is 10.00 Å². The summed E-state index contributed by atoms with van der Waals surface area (Å²) in [6.07, 6.45) is 8.96. The molecule has 0 atom stereocenters. The fraction of sp³-hybridized carbons (Fsp3) is 0.286. The number of nitrogens with zero attached hydrogens (tertiary/aromatic N) is 1. The molecule has 0 aromatic heterocycles. The Morgan fingerprint density at radius 1 is 0.913 bits per heavy atom. The highest BCUT2D eigenvalue weighted by molar-refractivity contribution is 5.64. The molecule has 0 unspecified atom stereocenters. The minimum absolute atomic E-state index is 0.682. The Bertz CT molecular complexity index is 648. The predicted molar refractivity (Wildman–Crippen MR) is 95.4 cm³/mol. The molecular formula is C21H23NO. The standard InChI is InChI=1S/C21H23NO/c1-2-3-4-5-6-7-16-23-21-14-12-20(13-15-21)19-10-8-18(17-22)9-11-19/h4-5,8-15H,2-3,6-7,16H2,1H3/b5-4+. The normalized spacial score (nSPS) is 10.6. The quantitative estimate of drug-likeness (QED) is 0.460. The molecule has 2 rings (SSSR count). The van der Waals surface area contributed by atoms with Crippen LogP contribution in [0.1, 0.15) is 38.2 Å². The zero-order valence-electron chi connectivity index (χ0n) is 13.7. The van der Waals surface area contributed by atoms with Crippen LogP contribution in [0.25, 0.3) is 11.1 Å². The number of benzene rings is 2. The van der Waals surface area contributed by atoms with Gasteiger partial charge in [0, 0.05) is 0 Å². The fourth-order valence-electron chi connectivity index (χ4n) is 2.27. The van der Waals surface area contributed by atoms with Crippen molar-refractivity contribution in [1.29, 1.82) is 5.26 Å². The van der Waals surface area contributed by atoms with Crippen LogP contribution in [0.15, 0.2) is 60.7 Å². The maximum absolute atomic E-state index is 8.83. The van der Waals surface area contributed by atoms with Gasteiger partial charge in [-0.25, -0.2) is 0 Å². The third-order valence-corrected chi connectivity index (χ3v) is 3.61. The maximum atomic E-state index is 8.83. The molecular weight excluding hydrogens is 282 g/mol. The number of hydrogen-bond acceptors (Lipinski definition) is 2. The van der Waals surface area contributed by atoms with E-state index in [1.54, 1.807) is 0 Å². The Morgan fingerprint density at radius 3 is 2.13 bits per heavy atom. The first-order valence-corrected chi connectivity index (χ1v) is 8.22. The molecule has 0 heterocycles. The first-order chi connectivity index (χ1) is 11.3. The van der Waals surface area contributed by atoms with Gasteiger partial charge >= 0.3 is 0 Å². The molecule has 0 radical (unpaired) electrons. The van der Waals surface area contributed by atoms with Gasteiger partial charge in [0.05, 0.1) is 18.2 Å². The van der Waals surface area contributed by atoms with Gasteiger partial charge in [-0.1, -0.05) is 49.8 Å². The van der Waals surface area contributed by atoms with E-state index < -0.39 is 0 Å². The molecule has 0 aliphatic carbocycles. The van der Waals surface area contributed by atoms with Crippen molar-refractivity contribution in [2.45, 2.75) is 32.6 Å². The minimum Gasteiger partial charge on any atom is -0.494 e. The molecule has 0 bridgehead atoms. The zero-order valence-corrected chi connectivity index (χ0v) is 13.7. The molecule has 0 spiro atoms. The van der Waals surface area contributed by atoms with Crippen LogP contribution in [0.2, 0.25) is 0 Å². The Labute approximate surface area is 139 Å². The molecule has 23 heavy (non-hydrogen) atoms. The van der Waals surface area contributed by atoms with Gasteiger partial charge in [0.1, 0.15) is 5.75 Å². The third kappa shape index (κ3) is 5.64. The summed E-state index contributed by atoms with van der Waals surface area (Å²) in [5.41, 5.74) is 2.92. The van der Waals surface area contributed by atoms with Crippen LogP contribution >= 0.6 is 0 Å². The van der Waals surface area contributed by atoms with Crippen LogP contribution in [-0.2, 0) is 0 Å². The second-order valence-corrected chi connectivity index (χ2v) is 5.46. The molecule has 0 saturated carbocycles. The average Bonchev–Trinajstić information content (AvgIpc) is 2.61. The SMILES string of the molecule is CCC/C=C/CCCOc1ccc(-c2ccc(C#N)cc2)cc1. The lowest BCUT2D eigenvalue weighted by molar-refractivity contribution is 0.312. The average molecular weight is 305 g/mol. The van der Waals surface area contributed by atoms with Gasteiger partial charge in [-0.2, -0.15) is 5.26 Å². The van der Waals surface area contributed by atoms with Crippen molar-refractivity contribution in [3.63, 3.8) is 0 Å². The highest BCUT2D eigenvalue weighted by atomic mass is 16.5. The molecule has 0 N–H and O–H groups in total. The number of ether oxygens (including phenoxy) is 1. The van der Waals surface area contributed by atoms with E-state index in [1.165, 1.54) is 6.42 Å². The Hall–Kier alpha value is -2.53. The van der Waals surface area contributed by atoms with Gasteiger partial charge in [-0.05, 0) is 54.7 Å². The van der Waals surface area contributed by atoms with E-state index in [2.05, 4.69) is 37.3 Å². The lowest BCUT2D eigenvalue weighted by Crippen LogP contribution is -1.96. The highest BCUT2D eigenvalue weighted by Gasteiger charge is 1.99. The van der Waals surface area contributed by atoms with Crippen LogP contribution < -0.4 is 4.74 Å². The van der Waals surface area contributed by atoms with E-state index >= 15 is 0 Å². The third-order valence-electron chi connectivity index (χ3n) is 3.61. The van der Waals surface area contributed by atoms with Crippen LogP contribution in [0.5, 0.6) is 5.75 Å². The van der Waals surface area contributed by atoms with Gasteiger partial charge in [-0.15, -0.1) is 0 Å². The topological polar surface area (TPSA) is 33.0 Å². The highest BCUT2D eigenvalue weighted by Crippen LogP contribution is 2.22. The smallest absolute Gasteiger partial charge is 0.119 e. The first-order valence-electron chi connectivity index (χ1n) is 8.22. The number of unbranched alkanes of at least 4 members (excludes halogenated alkanes) is 2. The largest absolute Gasteiger partial charge is 0.494 e. The zero-order chi connectivity index (χ0) is 16.3. The predicted octanol–water partition coefficient (Wildman–Crippen LogP) is 5.74. The monoisotopic (exact) mass is 305 g/mol. The molecule has 0 amide bonds. The molecule has 0 aliphatic rings. The lowest BCUT2D eigenvalue weighted by Gasteiger charge is -2.07. The van der Waals surface area contributed by atoms with Crippen molar-refractivity contribution >= 4 is 0 Å². The van der Waals surface area contributed by atoms with Crippen LogP contribution in [0, 0.1) is 11.3 Å². The number of hydrogen-bond donors (Lipinski definition) is 0. The lowest BCUT2D eigenvalue weighted by atomic mass is 10.0. The second kappa shape index (κ2) is 9.48. The summed E-state index contributed by atoms with van der Waals surface area (Å²) in [4.78, 5) is 0. The van der Waals surface area contributed by atoms with Crippen molar-refractivity contribution < 1.29 is 4.74 Å². The Kier molecular flexibility index (Phi) is 6.94. The van der Waals surface area contributed by atoms with E-state index in [1.807, 2.05) is 36.4 Å². The van der Waals surface area contributed by atoms with Gasteiger partial charge in [0.25, 0.3) is 0 Å². The van der Waals surface area contributed by atoms with Crippen molar-refractivity contribution in [3.8, 4) is 22.9 Å². The molecule has 2 nitrogen and oxygen atoms in total. The number of nitriles is 1. The molecule has 2 heteroatoms. The molecule has 118 valence electrons. The summed E-state index contributed by atoms with van der Waals surface area (Å²) in [5, 5.41) is 8.83. The molecule has 2 aromatic rings. The van der Waals surface area contributed by atoms with Crippen LogP contribution in [0.3, 0.4) is 0 Å². The fourth-order valence-corrected chi connectivity index (χ4v) is 2.27. The first kappa shape index (κ1) is 16.8. The summed E-state index contributed by atoms with van der Waals surface area (Å²) < 4.78 is 5.76. The van der Waals surface area contributed by atoms with Gasteiger partial charge in [0.2, 0.25) is 0 Å². The van der Waals surface area contributed by atoms with Crippen molar-refractivity contribution in [3.05, 3.63) is 66.2 Å². The molecule has 0 fully saturated rings. The van der Waals surface area contributed by atoms with Crippen molar-refractivity contribution in [1.82, 2.24) is 0 Å². The van der Waals surface area contributed by atoms with Crippen molar-refractivity contribution in [2.75, 3.05) is 6.61 Å². The summed E-state index contributed by atoms with van der Waals surface area (Å²) in [6, 6.07) is 17.9. The van der Waals surface area contributed by atoms with Gasteiger partial charge in [0.15, 0.2) is 0 Å². The molecule has 0 saturated heterocycles. The van der Waals surface area contributed by atoms with E-state index in [0.29, 0.717) is 5.56 Å². The maximum Gasteiger partial charge on any atom is 0.119 e. The van der Waals surface area contributed by atoms with E-state index in [-0.39, 0.29) is 0 Å².